The first kappa shape index (κ1) is 12.5. The number of nitro groups is 1. The Morgan fingerprint density at radius 2 is 2.20 bits per heavy atom. The normalized spacial score (nSPS) is 13.8. The Labute approximate surface area is 113 Å². The van der Waals surface area contributed by atoms with Gasteiger partial charge in [0.05, 0.1) is 16.2 Å². The molecule has 3 rings (SSSR count). The molecule has 7 nitrogen and oxygen atoms in total. The zero-order valence-electron chi connectivity index (χ0n) is 10.5. The van der Waals surface area contributed by atoms with Crippen molar-refractivity contribution in [1.29, 1.82) is 0 Å². The molecule has 0 amide bonds. The van der Waals surface area contributed by atoms with Crippen molar-refractivity contribution in [3.63, 3.8) is 0 Å². The first-order valence-corrected chi connectivity index (χ1v) is 6.23. The summed E-state index contributed by atoms with van der Waals surface area (Å²) in [6.07, 6.45) is 0.682. The molecule has 102 valence electrons. The highest BCUT2D eigenvalue weighted by atomic mass is 16.6. The molecule has 1 aliphatic heterocycles. The lowest BCUT2D eigenvalue weighted by molar-refractivity contribution is -0.384. The number of nitrogens with one attached hydrogen (secondary N) is 2. The van der Waals surface area contributed by atoms with Crippen LogP contribution in [0.25, 0.3) is 11.4 Å². The number of rotatable bonds is 2. The van der Waals surface area contributed by atoms with Crippen molar-refractivity contribution in [2.45, 2.75) is 13.0 Å². The van der Waals surface area contributed by atoms with Crippen LogP contribution < -0.4 is 10.9 Å². The molecule has 1 aromatic carbocycles. The second-order valence-corrected chi connectivity index (χ2v) is 4.57. The van der Waals surface area contributed by atoms with Crippen LogP contribution in [0.15, 0.2) is 29.1 Å². The lowest BCUT2D eigenvalue weighted by Crippen LogP contribution is -2.31. The molecule has 2 aromatic rings. The summed E-state index contributed by atoms with van der Waals surface area (Å²) in [6.45, 7) is 1.28. The molecule has 20 heavy (non-hydrogen) atoms. The molecule has 0 saturated carbocycles. The Hall–Kier alpha value is -2.54. The van der Waals surface area contributed by atoms with Crippen LogP contribution in [0, 0.1) is 10.1 Å². The summed E-state index contributed by atoms with van der Waals surface area (Å²) in [4.78, 5) is 29.4. The predicted octanol–water partition coefficient (Wildman–Crippen LogP) is 0.991. The Morgan fingerprint density at radius 3 is 3.00 bits per heavy atom. The molecule has 0 aliphatic carbocycles. The van der Waals surface area contributed by atoms with Gasteiger partial charge in [0.2, 0.25) is 0 Å². The van der Waals surface area contributed by atoms with Gasteiger partial charge >= 0.3 is 0 Å². The number of hydrogen-bond donors (Lipinski definition) is 2. The summed E-state index contributed by atoms with van der Waals surface area (Å²) in [5, 5.41) is 13.9. The summed E-state index contributed by atoms with van der Waals surface area (Å²) in [5.41, 5.74) is 1.73. The Morgan fingerprint density at radius 1 is 1.35 bits per heavy atom. The monoisotopic (exact) mass is 272 g/mol. The summed E-state index contributed by atoms with van der Waals surface area (Å²) in [6, 6.07) is 6.09. The van der Waals surface area contributed by atoms with Gasteiger partial charge in [0.1, 0.15) is 5.82 Å². The van der Waals surface area contributed by atoms with Crippen LogP contribution in [0.2, 0.25) is 0 Å². The van der Waals surface area contributed by atoms with Crippen molar-refractivity contribution < 1.29 is 4.92 Å². The predicted molar refractivity (Wildman–Crippen MR) is 72.4 cm³/mol. The van der Waals surface area contributed by atoms with Crippen molar-refractivity contribution in [3.05, 3.63) is 56.0 Å². The van der Waals surface area contributed by atoms with Crippen molar-refractivity contribution >= 4 is 5.69 Å². The van der Waals surface area contributed by atoms with E-state index in [4.69, 9.17) is 0 Å². The molecule has 2 N–H and O–H groups in total. The molecular formula is C13H12N4O3. The average molecular weight is 272 g/mol. The van der Waals surface area contributed by atoms with Gasteiger partial charge in [-0.1, -0.05) is 12.1 Å². The Bertz CT molecular complexity index is 739. The fourth-order valence-electron chi connectivity index (χ4n) is 2.26. The average Bonchev–Trinajstić information content (AvgIpc) is 2.47. The van der Waals surface area contributed by atoms with E-state index in [1.165, 1.54) is 12.1 Å². The summed E-state index contributed by atoms with van der Waals surface area (Å²) < 4.78 is 0. The van der Waals surface area contributed by atoms with Crippen LogP contribution in [-0.4, -0.2) is 21.4 Å². The second kappa shape index (κ2) is 4.86. The van der Waals surface area contributed by atoms with E-state index in [2.05, 4.69) is 15.3 Å². The molecule has 1 aromatic heterocycles. The number of nitrogens with zero attached hydrogens (tertiary/aromatic N) is 2. The molecule has 0 atom stereocenters. The maximum atomic E-state index is 12.0. The van der Waals surface area contributed by atoms with E-state index in [0.717, 1.165) is 12.2 Å². The SMILES string of the molecule is O=c1[nH]c(-c2cccc([N+](=O)[O-])c2)nc2c1CNCC2. The van der Waals surface area contributed by atoms with Crippen molar-refractivity contribution in [2.75, 3.05) is 6.54 Å². The van der Waals surface area contributed by atoms with Gasteiger partial charge in [-0.3, -0.25) is 14.9 Å². The first-order valence-electron chi connectivity index (χ1n) is 6.23. The number of non-ortho nitro benzene ring substituents is 1. The van der Waals surface area contributed by atoms with Gasteiger partial charge in [0.25, 0.3) is 11.2 Å². The number of hydrogen-bond acceptors (Lipinski definition) is 5. The third kappa shape index (κ3) is 2.19. The van der Waals surface area contributed by atoms with E-state index in [1.54, 1.807) is 12.1 Å². The second-order valence-electron chi connectivity index (χ2n) is 4.57. The highest BCUT2D eigenvalue weighted by molar-refractivity contribution is 5.59. The van der Waals surface area contributed by atoms with Crippen LogP contribution >= 0.6 is 0 Å². The third-order valence-electron chi connectivity index (χ3n) is 3.27. The smallest absolute Gasteiger partial charge is 0.270 e. The highest BCUT2D eigenvalue weighted by Crippen LogP contribution is 2.21. The summed E-state index contributed by atoms with van der Waals surface area (Å²) in [7, 11) is 0. The molecule has 1 aliphatic rings. The van der Waals surface area contributed by atoms with E-state index < -0.39 is 4.92 Å². The van der Waals surface area contributed by atoms with Crippen LogP contribution in [0.4, 0.5) is 5.69 Å². The zero-order chi connectivity index (χ0) is 14.1. The molecule has 0 radical (unpaired) electrons. The first-order chi connectivity index (χ1) is 9.65. The number of benzene rings is 1. The van der Waals surface area contributed by atoms with E-state index in [-0.39, 0.29) is 11.2 Å². The van der Waals surface area contributed by atoms with Gasteiger partial charge in [-0.2, -0.15) is 0 Å². The van der Waals surface area contributed by atoms with E-state index in [1.807, 2.05) is 0 Å². The topological polar surface area (TPSA) is 101 Å². The number of aromatic amines is 1. The quantitative estimate of drug-likeness (QED) is 0.627. The van der Waals surface area contributed by atoms with Gasteiger partial charge in [0, 0.05) is 37.2 Å². The number of aromatic nitrogens is 2. The largest absolute Gasteiger partial charge is 0.312 e. The maximum absolute atomic E-state index is 12.0. The highest BCUT2D eigenvalue weighted by Gasteiger charge is 2.16. The summed E-state index contributed by atoms with van der Waals surface area (Å²) in [5.74, 6) is 0.374. The molecule has 0 spiro atoms. The van der Waals surface area contributed by atoms with Crippen molar-refractivity contribution in [2.24, 2.45) is 0 Å². The fourth-order valence-corrected chi connectivity index (χ4v) is 2.26. The lowest BCUT2D eigenvalue weighted by atomic mass is 10.1. The van der Waals surface area contributed by atoms with Crippen LogP contribution in [0.3, 0.4) is 0 Å². The van der Waals surface area contributed by atoms with Gasteiger partial charge in [0.15, 0.2) is 0 Å². The zero-order valence-corrected chi connectivity index (χ0v) is 10.5. The minimum Gasteiger partial charge on any atom is -0.312 e. The molecule has 2 heterocycles. The van der Waals surface area contributed by atoms with Crippen LogP contribution in [-0.2, 0) is 13.0 Å². The van der Waals surface area contributed by atoms with Gasteiger partial charge < -0.3 is 10.3 Å². The molecule has 0 fully saturated rings. The molecular weight excluding hydrogens is 260 g/mol. The summed E-state index contributed by atoms with van der Waals surface area (Å²) >= 11 is 0. The van der Waals surface area contributed by atoms with Crippen molar-refractivity contribution in [1.82, 2.24) is 15.3 Å². The van der Waals surface area contributed by atoms with Crippen LogP contribution in [0.5, 0.6) is 0 Å². The molecule has 0 bridgehead atoms. The number of H-pyrrole nitrogens is 1. The van der Waals surface area contributed by atoms with E-state index in [0.29, 0.717) is 29.9 Å². The minimum absolute atomic E-state index is 0.0236. The van der Waals surface area contributed by atoms with Gasteiger partial charge in [-0.05, 0) is 0 Å². The molecule has 0 saturated heterocycles. The van der Waals surface area contributed by atoms with E-state index >= 15 is 0 Å². The standard InChI is InChI=1S/C13H12N4O3/c18-13-10-7-14-5-4-11(10)15-12(16-13)8-2-1-3-9(6-8)17(19)20/h1-3,6,14H,4-5,7H2,(H,15,16,18). The lowest BCUT2D eigenvalue weighted by Gasteiger charge is -2.15. The molecule has 0 unspecified atom stereocenters. The van der Waals surface area contributed by atoms with Crippen LogP contribution in [0.1, 0.15) is 11.3 Å². The molecule has 7 heteroatoms. The minimum atomic E-state index is -0.468. The Balaban J connectivity index is 2.11. The third-order valence-corrected chi connectivity index (χ3v) is 3.27. The maximum Gasteiger partial charge on any atom is 0.270 e. The van der Waals surface area contributed by atoms with E-state index in [9.17, 15) is 14.9 Å². The number of fused-ring (bicyclic) bond motifs is 1. The number of nitro benzene ring substituents is 1. The Kier molecular flexibility index (Phi) is 3.03. The van der Waals surface area contributed by atoms with Gasteiger partial charge in [-0.25, -0.2) is 4.98 Å². The van der Waals surface area contributed by atoms with Gasteiger partial charge in [-0.15, -0.1) is 0 Å². The van der Waals surface area contributed by atoms with Crippen molar-refractivity contribution in [3.8, 4) is 11.4 Å². The fraction of sp³-hybridized carbons (Fsp3) is 0.231.